The number of fused-ring (bicyclic) bond motifs is 6. The summed E-state index contributed by atoms with van der Waals surface area (Å²) in [6.45, 7) is 24.1. The Bertz CT molecular complexity index is 5930. The maximum Gasteiger partial charge on any atom is 0.495 e. The molecule has 4 aliphatic heterocycles. The van der Waals surface area contributed by atoms with Crippen LogP contribution in [0.2, 0.25) is 0 Å². The van der Waals surface area contributed by atoms with Gasteiger partial charge in [0.05, 0.1) is 109 Å². The lowest BCUT2D eigenvalue weighted by Crippen LogP contribution is -2.41. The van der Waals surface area contributed by atoms with Crippen LogP contribution >= 0.6 is 49.9 Å². The number of para-hydroxylation sites is 3. The lowest BCUT2D eigenvalue weighted by Gasteiger charge is -2.32. The van der Waals surface area contributed by atoms with Gasteiger partial charge in [-0.3, -0.25) is 0 Å². The Kier molecular flexibility index (Phi) is 27.6. The van der Waals surface area contributed by atoms with E-state index < -0.39 is 112 Å². The highest BCUT2D eigenvalue weighted by molar-refractivity contribution is 9.11. The third-order valence-electron chi connectivity index (χ3n) is 21.4. The molecule has 16 rings (SSSR count). The summed E-state index contributed by atoms with van der Waals surface area (Å²) in [7, 11) is 1.27. The molecule has 17 nitrogen and oxygen atoms in total. The lowest BCUT2D eigenvalue weighted by molar-refractivity contribution is -0.167. The first-order chi connectivity index (χ1) is 59.2. The summed E-state index contributed by atoms with van der Waals surface area (Å²) >= 11 is 7.70. The van der Waals surface area contributed by atoms with E-state index in [-0.39, 0.29) is 27.8 Å². The molecule has 1 saturated heterocycles. The largest absolute Gasteiger partial charge is 0.495 e. The number of ether oxygens (including phenoxy) is 8. The van der Waals surface area contributed by atoms with Crippen molar-refractivity contribution >= 4 is 111 Å². The van der Waals surface area contributed by atoms with E-state index in [1.54, 1.807) is 116 Å². The number of carbonyl (C=O) groups excluding carboxylic acids is 2. The van der Waals surface area contributed by atoms with Crippen LogP contribution in [0.1, 0.15) is 178 Å². The number of halogens is 10. The van der Waals surface area contributed by atoms with E-state index in [1.165, 1.54) is 45.6 Å². The van der Waals surface area contributed by atoms with Gasteiger partial charge in [-0.25, -0.2) is 29.3 Å². The molecule has 0 saturated carbocycles. The van der Waals surface area contributed by atoms with E-state index in [0.29, 0.717) is 98.7 Å². The van der Waals surface area contributed by atoms with Crippen molar-refractivity contribution < 1.29 is 106 Å². The molecular formula is C95H94BBrF9N3O14S3. The summed E-state index contributed by atoms with van der Waals surface area (Å²) < 4.78 is 193. The number of aliphatic carboxylic acids is 1. The fraction of sp³-hybridized carbons (Fsp3) is 0.368. The molecule has 0 aliphatic carbocycles. The molecule has 3 unspecified atom stereocenters. The molecule has 0 bridgehead atoms. The number of hydrogen-bond donors (Lipinski definition) is 1. The minimum Gasteiger partial charge on any atom is -0.493 e. The predicted molar refractivity (Wildman–Crippen MR) is 475 cm³/mol. The molecular weight excluding hydrogens is 1760 g/mol. The molecule has 1 N–H and O–H groups in total. The van der Waals surface area contributed by atoms with Gasteiger partial charge in [0.15, 0.2) is 22.2 Å². The molecule has 7 heterocycles. The first-order valence-corrected chi connectivity index (χ1v) is 43.9. The van der Waals surface area contributed by atoms with Crippen LogP contribution in [-0.2, 0) is 85.2 Å². The van der Waals surface area contributed by atoms with Gasteiger partial charge in [-0.15, -0.1) is 34.0 Å². The molecule has 12 aromatic rings. The summed E-state index contributed by atoms with van der Waals surface area (Å²) in [5.74, 6) is -1.30. The Balaban J connectivity index is 0.000000153. The molecule has 664 valence electrons. The van der Waals surface area contributed by atoms with Crippen molar-refractivity contribution in [3.8, 4) is 71.8 Å². The van der Waals surface area contributed by atoms with Crippen molar-refractivity contribution in [3.05, 3.63) is 218 Å². The van der Waals surface area contributed by atoms with Crippen molar-refractivity contribution in [3.63, 3.8) is 0 Å². The molecule has 3 aromatic heterocycles. The maximum atomic E-state index is 14.6. The highest BCUT2D eigenvalue weighted by atomic mass is 79.9. The van der Waals surface area contributed by atoms with Gasteiger partial charge in [0.25, 0.3) is 0 Å². The molecule has 0 spiro atoms. The van der Waals surface area contributed by atoms with E-state index in [9.17, 15) is 59.0 Å². The van der Waals surface area contributed by atoms with E-state index in [4.69, 9.17) is 57.2 Å². The zero-order valence-electron chi connectivity index (χ0n) is 71.9. The van der Waals surface area contributed by atoms with E-state index in [2.05, 4.69) is 27.0 Å². The van der Waals surface area contributed by atoms with Crippen LogP contribution in [0.4, 0.5) is 39.5 Å². The SMILES string of the molecule is Brc1nc2ccccc2s1.CC(C)(C)OC(C(=O)O)c1c(C(F)(F)F)ccc(-c2nc3ccccc3s2)c1-c1ccc2c(c1)CCCO2.COC(=O)C(OC(C)(C)C)c1c(C(F)(F)F)ccc(-c2nc3ccccc3s2)c1-c1ccc2c(c1)CCCO2.COC(=O)C(OC(C)(C)C)c1c(C(F)(F)F)ccc(B2OC(C)(C)C(C)(C)O2)c1-c1ccc2c(c1)CCCO2. The van der Waals surface area contributed by atoms with Gasteiger partial charge in [0.1, 0.15) is 27.3 Å². The minimum atomic E-state index is -4.82. The number of aryl methyl sites for hydroxylation is 3. The van der Waals surface area contributed by atoms with Crippen LogP contribution < -0.4 is 19.7 Å². The summed E-state index contributed by atoms with van der Waals surface area (Å²) in [6.07, 6.45) is -15.0. The molecule has 126 heavy (non-hydrogen) atoms. The second kappa shape index (κ2) is 37.1. The number of aromatic nitrogens is 3. The van der Waals surface area contributed by atoms with Crippen LogP contribution in [-0.4, -0.2) is 107 Å². The number of alkyl halides is 9. The summed E-state index contributed by atoms with van der Waals surface area (Å²) in [4.78, 5) is 52.5. The highest BCUT2D eigenvalue weighted by Crippen LogP contribution is 2.53. The fourth-order valence-electron chi connectivity index (χ4n) is 15.2. The molecule has 0 amide bonds. The second-order valence-electron chi connectivity index (χ2n) is 34.4. The molecule has 31 heteroatoms. The van der Waals surface area contributed by atoms with E-state index in [1.807, 2.05) is 107 Å². The molecule has 0 radical (unpaired) electrons. The van der Waals surface area contributed by atoms with Crippen molar-refractivity contribution in [2.75, 3.05) is 34.0 Å². The van der Waals surface area contributed by atoms with Crippen LogP contribution in [0.25, 0.3) is 85.2 Å². The summed E-state index contributed by atoms with van der Waals surface area (Å²) in [5.41, 5.74) is -0.164. The van der Waals surface area contributed by atoms with Gasteiger partial charge >= 0.3 is 43.6 Å². The van der Waals surface area contributed by atoms with Gasteiger partial charge < -0.3 is 52.3 Å². The number of nitrogens with zero attached hydrogens (tertiary/aromatic N) is 3. The topological polar surface area (TPSA) is 202 Å². The average Bonchev–Trinajstić information content (AvgIpc) is 1.37. The van der Waals surface area contributed by atoms with Gasteiger partial charge in [-0.1, -0.05) is 72.8 Å². The average molecular weight is 1860 g/mol. The van der Waals surface area contributed by atoms with Gasteiger partial charge in [-0.2, -0.15) is 39.5 Å². The number of rotatable bonds is 15. The Morgan fingerprint density at radius 2 is 0.762 bits per heavy atom. The Hall–Kier alpha value is -9.83. The van der Waals surface area contributed by atoms with Crippen molar-refractivity contribution in [2.45, 2.75) is 193 Å². The monoisotopic (exact) mass is 1860 g/mol. The molecule has 3 atom stereocenters. The highest BCUT2D eigenvalue weighted by Gasteiger charge is 2.54. The molecule has 1 fully saturated rings. The predicted octanol–water partition coefficient (Wildman–Crippen LogP) is 25.0. The van der Waals surface area contributed by atoms with Crippen LogP contribution in [0.5, 0.6) is 17.2 Å². The second-order valence-corrected chi connectivity index (χ2v) is 38.8. The zero-order chi connectivity index (χ0) is 91.1. The summed E-state index contributed by atoms with van der Waals surface area (Å²) in [5, 5.41) is 11.2. The minimum absolute atomic E-state index is 0.143. The van der Waals surface area contributed by atoms with Crippen molar-refractivity contribution in [1.82, 2.24) is 15.0 Å². The lowest BCUT2D eigenvalue weighted by atomic mass is 9.71. The third-order valence-corrected chi connectivity index (χ3v) is 25.0. The van der Waals surface area contributed by atoms with Crippen molar-refractivity contribution in [1.29, 1.82) is 0 Å². The van der Waals surface area contributed by atoms with E-state index in [0.717, 1.165) is 99.1 Å². The van der Waals surface area contributed by atoms with Gasteiger partial charge in [0.2, 0.25) is 0 Å². The number of hydrogen-bond acceptors (Lipinski definition) is 19. The first kappa shape index (κ1) is 93.8. The number of carboxylic acids is 1. The standard InChI is InChI=1S/C30H28F3NO4S.C29H36BF3O6.C29H26F3NO4S.C7H4BrNS/c1-29(2,3)38-26(28(35)36-4)25-20(30(31,32)33)13-12-19(27-34-21-9-5-6-10-23(21)39-27)24(25)18-11-14-22-17(16-18)8-7-15-37-22;1-26(2,3)37-24(25(34)35-8)23-19(29(31,32)33)12-13-20(30-38-27(4,5)28(6,7)39-30)22(23)18-11-14-21-17(16-18)10-9-15-36-21;1-28(2,3)37-25(27(34)35)24-19(29(30,31)32)12-11-18(26-33-20-8-4-5-9-22(20)38-26)23(24)17-10-13-21-16(15-17)7-6-14-36-21;8-7-9-5-3-1-2-4-6(5)10-7/h5-6,9-14,16,26H,7-8,15H2,1-4H3;11-14,16,24H,9-10,15H2,1-8H3;4-5,8-13,15,25H,6-7,14H2,1-3H3,(H,34,35);1-4H. The Morgan fingerprint density at radius 3 is 1.10 bits per heavy atom. The number of esters is 2. The number of carboxylic acid groups (broad SMARTS) is 1. The number of carbonyl (C=O) groups is 3. The van der Waals surface area contributed by atoms with Crippen LogP contribution in [0, 0.1) is 0 Å². The van der Waals surface area contributed by atoms with Gasteiger partial charge in [-0.05, 0) is 291 Å². The Morgan fingerprint density at radius 1 is 0.437 bits per heavy atom. The van der Waals surface area contributed by atoms with Crippen LogP contribution in [0.3, 0.4) is 0 Å². The quantitative estimate of drug-likeness (QED) is 0.0576. The van der Waals surface area contributed by atoms with Gasteiger partial charge in [0, 0.05) is 27.8 Å². The maximum absolute atomic E-state index is 14.6. The molecule has 4 aliphatic rings. The normalized spacial score (nSPS) is 15.7. The first-order valence-electron chi connectivity index (χ1n) is 40.7. The van der Waals surface area contributed by atoms with Crippen molar-refractivity contribution in [2.24, 2.45) is 0 Å². The van der Waals surface area contributed by atoms with E-state index >= 15 is 0 Å². The Labute approximate surface area is 744 Å². The summed E-state index contributed by atoms with van der Waals surface area (Å²) in [6, 6.07) is 45.9. The number of thiazole rings is 3. The zero-order valence-corrected chi connectivity index (χ0v) is 75.9. The fourth-order valence-corrected chi connectivity index (χ4v) is 18.6. The molecule has 9 aromatic carbocycles. The number of benzene rings is 9. The third kappa shape index (κ3) is 21.3. The smallest absolute Gasteiger partial charge is 0.493 e. The number of methoxy groups -OCH3 is 2. The van der Waals surface area contributed by atoms with Crippen LogP contribution in [0.15, 0.2) is 168 Å².